The highest BCUT2D eigenvalue weighted by atomic mass is 31.2. The average Bonchev–Trinajstić information content (AvgIpc) is 2.94. The number of benzene rings is 5. The molecule has 38 heavy (non-hydrogen) atoms. The lowest BCUT2D eigenvalue weighted by Crippen LogP contribution is -2.19. The molecule has 2 aliphatic heterocycles. The monoisotopic (exact) mass is 534 g/mol. The fraction of sp³-hybridized carbons (Fsp3) is 0.0625. The minimum atomic E-state index is -3.18. The van der Waals surface area contributed by atoms with Crippen LogP contribution in [0.2, 0.25) is 0 Å². The van der Waals surface area contributed by atoms with E-state index in [1.54, 1.807) is 0 Å². The SMILES string of the molecule is O=P1(Cc2ccc(CP3(=O)Oc4ccccc4-c4ccccc43)cc2)Oc2ccccc2-c2ccccc21. The van der Waals surface area contributed by atoms with E-state index in [4.69, 9.17) is 9.05 Å². The molecule has 0 fully saturated rings. The Balaban J connectivity index is 1.18. The van der Waals surface area contributed by atoms with E-state index in [0.717, 1.165) is 44.0 Å². The standard InChI is InChI=1S/C32H24O4P2/c33-37(31-15-7-3-11-27(31)25-9-1-5-13-29(25)35-37)21-23-17-19-24(20-18-23)22-38(34)32-16-8-4-12-28(32)26-10-2-6-14-30(26)36-38/h1-20H,21-22H2. The summed E-state index contributed by atoms with van der Waals surface area (Å²) in [6, 6.07) is 38.9. The first-order chi connectivity index (χ1) is 18.5. The second kappa shape index (κ2) is 8.88. The molecule has 2 atom stereocenters. The largest absolute Gasteiger partial charge is 0.439 e. The Kier molecular flexibility index (Phi) is 5.44. The van der Waals surface area contributed by atoms with E-state index in [2.05, 4.69) is 0 Å². The van der Waals surface area contributed by atoms with Gasteiger partial charge in [-0.25, -0.2) is 0 Å². The molecule has 2 unspecified atom stereocenters. The van der Waals surface area contributed by atoms with Gasteiger partial charge in [-0.1, -0.05) is 97.1 Å². The molecule has 2 aliphatic rings. The zero-order chi connectivity index (χ0) is 25.7. The summed E-state index contributed by atoms with van der Waals surface area (Å²) in [7, 11) is -6.36. The van der Waals surface area contributed by atoms with E-state index in [0.29, 0.717) is 11.5 Å². The van der Waals surface area contributed by atoms with Crippen molar-refractivity contribution in [3.05, 3.63) is 132 Å². The molecule has 186 valence electrons. The van der Waals surface area contributed by atoms with E-state index < -0.39 is 14.7 Å². The summed E-state index contributed by atoms with van der Waals surface area (Å²) in [5, 5.41) is 1.50. The van der Waals surface area contributed by atoms with Crippen molar-refractivity contribution in [3.63, 3.8) is 0 Å². The molecule has 5 aromatic carbocycles. The van der Waals surface area contributed by atoms with Crippen LogP contribution in [0.1, 0.15) is 11.1 Å². The van der Waals surface area contributed by atoms with Crippen molar-refractivity contribution in [3.8, 4) is 33.8 Å². The zero-order valence-electron chi connectivity index (χ0n) is 20.5. The predicted molar refractivity (Wildman–Crippen MR) is 153 cm³/mol. The van der Waals surface area contributed by atoms with Gasteiger partial charge in [-0.15, -0.1) is 0 Å². The third-order valence-corrected chi connectivity index (χ3v) is 12.0. The van der Waals surface area contributed by atoms with Crippen molar-refractivity contribution in [2.24, 2.45) is 0 Å². The first-order valence-corrected chi connectivity index (χ1v) is 16.2. The van der Waals surface area contributed by atoms with Crippen molar-refractivity contribution < 1.29 is 18.2 Å². The van der Waals surface area contributed by atoms with E-state index in [9.17, 15) is 9.13 Å². The lowest BCUT2D eigenvalue weighted by atomic mass is 10.0. The van der Waals surface area contributed by atoms with Crippen LogP contribution in [0.15, 0.2) is 121 Å². The summed E-state index contributed by atoms with van der Waals surface area (Å²) >= 11 is 0. The van der Waals surface area contributed by atoms with Gasteiger partial charge in [0.15, 0.2) is 0 Å². The van der Waals surface area contributed by atoms with Gasteiger partial charge in [-0.05, 0) is 46.5 Å². The Morgan fingerprint density at radius 2 is 0.763 bits per heavy atom. The smallest absolute Gasteiger partial charge is 0.282 e. The highest BCUT2D eigenvalue weighted by molar-refractivity contribution is 7.67. The molecule has 5 aromatic rings. The Labute approximate surface area is 221 Å². The molecule has 2 heterocycles. The van der Waals surface area contributed by atoms with Crippen LogP contribution in [0.5, 0.6) is 11.5 Å². The summed E-state index contributed by atoms with van der Waals surface area (Å²) in [6.07, 6.45) is 0.562. The molecule has 0 bridgehead atoms. The minimum absolute atomic E-state index is 0.281. The van der Waals surface area contributed by atoms with Crippen molar-refractivity contribution in [1.82, 2.24) is 0 Å². The Morgan fingerprint density at radius 1 is 0.421 bits per heavy atom. The van der Waals surface area contributed by atoms with Crippen molar-refractivity contribution >= 4 is 25.3 Å². The molecule has 0 radical (unpaired) electrons. The Bertz CT molecular complexity index is 1660. The highest BCUT2D eigenvalue weighted by Gasteiger charge is 2.37. The Morgan fingerprint density at radius 3 is 1.18 bits per heavy atom. The van der Waals surface area contributed by atoms with E-state index in [1.165, 1.54) is 0 Å². The quantitative estimate of drug-likeness (QED) is 0.219. The predicted octanol–water partition coefficient (Wildman–Crippen LogP) is 8.01. The maximum atomic E-state index is 14.2. The van der Waals surface area contributed by atoms with Crippen molar-refractivity contribution in [2.75, 3.05) is 0 Å². The van der Waals surface area contributed by atoms with E-state index in [1.807, 2.05) is 121 Å². The first-order valence-electron chi connectivity index (χ1n) is 12.6. The van der Waals surface area contributed by atoms with Crippen LogP contribution >= 0.6 is 14.7 Å². The molecular weight excluding hydrogens is 510 g/mol. The molecule has 0 N–H and O–H groups in total. The van der Waals surface area contributed by atoms with Crippen molar-refractivity contribution in [1.29, 1.82) is 0 Å². The molecule has 0 saturated heterocycles. The van der Waals surface area contributed by atoms with Gasteiger partial charge in [0.25, 0.3) is 14.7 Å². The molecule has 6 heteroatoms. The molecule has 0 aliphatic carbocycles. The molecule has 0 spiro atoms. The van der Waals surface area contributed by atoms with Gasteiger partial charge in [0.2, 0.25) is 0 Å². The maximum absolute atomic E-state index is 14.2. The van der Waals surface area contributed by atoms with Gasteiger partial charge in [0, 0.05) is 11.1 Å². The third-order valence-electron chi connectivity index (χ3n) is 7.19. The van der Waals surface area contributed by atoms with Gasteiger partial charge in [0.1, 0.15) is 11.5 Å². The number of hydrogen-bond acceptors (Lipinski definition) is 4. The van der Waals surface area contributed by atoms with Crippen LogP contribution in [0, 0.1) is 0 Å². The van der Waals surface area contributed by atoms with E-state index in [-0.39, 0.29) is 12.3 Å². The number of hydrogen-bond donors (Lipinski definition) is 0. The number of para-hydroxylation sites is 2. The van der Waals surface area contributed by atoms with Crippen LogP contribution in [-0.2, 0) is 21.5 Å². The zero-order valence-corrected chi connectivity index (χ0v) is 22.3. The molecule has 0 saturated carbocycles. The average molecular weight is 534 g/mol. The van der Waals surface area contributed by atoms with Crippen LogP contribution < -0.4 is 19.7 Å². The van der Waals surface area contributed by atoms with Gasteiger partial charge in [-0.3, -0.25) is 9.13 Å². The summed E-state index contributed by atoms with van der Waals surface area (Å²) in [5.41, 5.74) is 5.65. The van der Waals surface area contributed by atoms with Gasteiger partial charge >= 0.3 is 0 Å². The lowest BCUT2D eigenvalue weighted by molar-refractivity contribution is 0.488. The number of rotatable bonds is 4. The second-order valence-corrected chi connectivity index (χ2v) is 14.3. The molecule has 0 aromatic heterocycles. The number of fused-ring (bicyclic) bond motifs is 6. The van der Waals surface area contributed by atoms with Gasteiger partial charge in [0.05, 0.1) is 22.9 Å². The molecule has 0 amide bonds. The van der Waals surface area contributed by atoms with Gasteiger partial charge in [-0.2, -0.15) is 0 Å². The lowest BCUT2D eigenvalue weighted by Gasteiger charge is -2.29. The first kappa shape index (κ1) is 23.3. The summed E-state index contributed by atoms with van der Waals surface area (Å²) in [6.45, 7) is 0. The van der Waals surface area contributed by atoms with Crippen LogP contribution in [0.25, 0.3) is 22.3 Å². The maximum Gasteiger partial charge on any atom is 0.282 e. The fourth-order valence-corrected chi connectivity index (χ4v) is 10.2. The third kappa shape index (κ3) is 3.84. The minimum Gasteiger partial charge on any atom is -0.439 e. The fourth-order valence-electron chi connectivity index (χ4n) is 5.42. The van der Waals surface area contributed by atoms with Crippen LogP contribution in [-0.4, -0.2) is 0 Å². The molecular formula is C32H24O4P2. The normalized spacial score (nSPS) is 20.6. The summed E-state index contributed by atoms with van der Waals surface area (Å²) in [5.74, 6) is 1.30. The Hall–Kier alpha value is -3.84. The highest BCUT2D eigenvalue weighted by Crippen LogP contribution is 2.58. The van der Waals surface area contributed by atoms with Crippen LogP contribution in [0.3, 0.4) is 0 Å². The molecule has 7 rings (SSSR count). The topological polar surface area (TPSA) is 52.6 Å². The van der Waals surface area contributed by atoms with Crippen molar-refractivity contribution in [2.45, 2.75) is 12.3 Å². The van der Waals surface area contributed by atoms with E-state index >= 15 is 0 Å². The summed E-state index contributed by atoms with van der Waals surface area (Å²) < 4.78 is 40.8. The summed E-state index contributed by atoms with van der Waals surface area (Å²) in [4.78, 5) is 0. The molecule has 4 nitrogen and oxygen atoms in total. The second-order valence-electron chi connectivity index (χ2n) is 9.69. The van der Waals surface area contributed by atoms with Crippen LogP contribution in [0.4, 0.5) is 0 Å². The van der Waals surface area contributed by atoms with Gasteiger partial charge < -0.3 is 9.05 Å².